The van der Waals surface area contributed by atoms with E-state index in [9.17, 15) is 4.79 Å². The Bertz CT molecular complexity index is 1430. The van der Waals surface area contributed by atoms with E-state index in [1.165, 1.54) is 5.56 Å². The quantitative estimate of drug-likeness (QED) is 0.232. The predicted molar refractivity (Wildman–Crippen MR) is 145 cm³/mol. The minimum Gasteiger partial charge on any atom is -0.333 e. The fourth-order valence-corrected chi connectivity index (χ4v) is 4.40. The molecule has 0 fully saturated rings. The van der Waals surface area contributed by atoms with Crippen molar-refractivity contribution in [2.45, 2.75) is 13.0 Å². The van der Waals surface area contributed by atoms with E-state index in [0.29, 0.717) is 23.8 Å². The molecule has 0 aliphatic carbocycles. The molecule has 0 N–H and O–H groups in total. The maximum absolute atomic E-state index is 14.1. The topological polar surface area (TPSA) is 38.1 Å². The molecule has 0 saturated carbocycles. The summed E-state index contributed by atoms with van der Waals surface area (Å²) in [5, 5.41) is 5.42. The first-order valence-electron chi connectivity index (χ1n) is 12.0. The Hall–Kier alpha value is -4.15. The number of aromatic nitrogens is 2. The Morgan fingerprint density at radius 1 is 0.750 bits per heavy atom. The van der Waals surface area contributed by atoms with E-state index >= 15 is 0 Å². The number of amides is 1. The number of carbonyl (C=O) groups is 1. The third kappa shape index (κ3) is 5.56. The van der Waals surface area contributed by atoms with Crippen molar-refractivity contribution >= 4 is 17.5 Å². The lowest BCUT2D eigenvalue weighted by Crippen LogP contribution is -2.34. The van der Waals surface area contributed by atoms with Crippen LogP contribution in [0.15, 0.2) is 121 Å². The number of hydrogen-bond donors (Lipinski definition) is 0. The number of nitrogens with zero attached hydrogens (tertiary/aromatic N) is 3. The maximum atomic E-state index is 14.1. The van der Waals surface area contributed by atoms with Crippen molar-refractivity contribution in [2.75, 3.05) is 6.54 Å². The van der Waals surface area contributed by atoms with Crippen LogP contribution in [0.25, 0.3) is 16.9 Å². The molecule has 5 aromatic rings. The van der Waals surface area contributed by atoms with E-state index in [0.717, 1.165) is 28.9 Å². The summed E-state index contributed by atoms with van der Waals surface area (Å²) in [5.74, 6) is -0.0792. The Kier molecular flexibility index (Phi) is 7.25. The van der Waals surface area contributed by atoms with Gasteiger partial charge in [-0.15, -0.1) is 0 Å². The third-order valence-electron chi connectivity index (χ3n) is 6.07. The van der Waals surface area contributed by atoms with Crippen molar-refractivity contribution < 1.29 is 4.79 Å². The van der Waals surface area contributed by atoms with E-state index in [1.54, 1.807) is 4.68 Å². The van der Waals surface area contributed by atoms with Crippen LogP contribution in [0.1, 0.15) is 21.6 Å². The van der Waals surface area contributed by atoms with Crippen LogP contribution in [-0.4, -0.2) is 27.1 Å². The summed E-state index contributed by atoms with van der Waals surface area (Å²) >= 11 is 6.30. The molecule has 0 atom stereocenters. The molecule has 36 heavy (non-hydrogen) atoms. The predicted octanol–water partition coefficient (Wildman–Crippen LogP) is 7.08. The second-order valence-corrected chi connectivity index (χ2v) is 9.06. The van der Waals surface area contributed by atoms with Crippen molar-refractivity contribution in [3.63, 3.8) is 0 Å². The highest BCUT2D eigenvalue weighted by Crippen LogP contribution is 2.25. The lowest BCUT2D eigenvalue weighted by Gasteiger charge is -2.23. The van der Waals surface area contributed by atoms with Crippen LogP contribution in [0.4, 0.5) is 0 Å². The normalized spacial score (nSPS) is 10.8. The first kappa shape index (κ1) is 23.6. The van der Waals surface area contributed by atoms with Gasteiger partial charge >= 0.3 is 0 Å². The molecule has 0 aliphatic heterocycles. The monoisotopic (exact) mass is 491 g/mol. The Labute approximate surface area is 216 Å². The average molecular weight is 492 g/mol. The maximum Gasteiger partial charge on any atom is 0.272 e. The second kappa shape index (κ2) is 11.1. The molecule has 178 valence electrons. The largest absolute Gasteiger partial charge is 0.333 e. The van der Waals surface area contributed by atoms with Gasteiger partial charge < -0.3 is 4.90 Å². The zero-order valence-corrected chi connectivity index (χ0v) is 20.6. The molecular formula is C31H26ClN3O. The molecule has 1 amide bonds. The van der Waals surface area contributed by atoms with E-state index < -0.39 is 0 Å². The zero-order valence-electron chi connectivity index (χ0n) is 19.8. The molecule has 0 saturated heterocycles. The Morgan fingerprint density at radius 3 is 2.06 bits per heavy atom. The minimum atomic E-state index is -0.0792. The van der Waals surface area contributed by atoms with Gasteiger partial charge in [0, 0.05) is 23.7 Å². The number of benzene rings is 4. The molecule has 1 heterocycles. The molecular weight excluding hydrogens is 466 g/mol. The number of hydrogen-bond acceptors (Lipinski definition) is 2. The van der Waals surface area contributed by atoms with E-state index in [2.05, 4.69) is 12.1 Å². The average Bonchev–Trinajstić information content (AvgIpc) is 3.38. The van der Waals surface area contributed by atoms with Crippen LogP contribution >= 0.6 is 11.6 Å². The van der Waals surface area contributed by atoms with Crippen molar-refractivity contribution in [2.24, 2.45) is 0 Å². The van der Waals surface area contributed by atoms with Gasteiger partial charge in [0.05, 0.1) is 11.4 Å². The number of carbonyl (C=O) groups excluding carboxylic acids is 1. The Morgan fingerprint density at radius 2 is 1.39 bits per heavy atom. The highest BCUT2D eigenvalue weighted by Gasteiger charge is 2.23. The summed E-state index contributed by atoms with van der Waals surface area (Å²) in [7, 11) is 0. The molecule has 0 unspecified atom stereocenters. The fraction of sp³-hybridized carbons (Fsp3) is 0.0968. The first-order chi connectivity index (χ1) is 17.7. The SMILES string of the molecule is O=C(c1cc(-c2ccccc2)nn1-c1cccc(Cl)c1)N(CCc1ccccc1)Cc1ccccc1. The standard InChI is InChI=1S/C31H26ClN3O/c32-27-17-10-18-28(21-27)35-30(22-29(33-35)26-15-8-3-9-16-26)31(36)34(23-25-13-6-2-7-14-25)20-19-24-11-4-1-5-12-24/h1-18,21-22H,19-20,23H2. The van der Waals surface area contributed by atoms with E-state index in [-0.39, 0.29) is 5.91 Å². The van der Waals surface area contributed by atoms with Crippen LogP contribution in [0.3, 0.4) is 0 Å². The van der Waals surface area contributed by atoms with Gasteiger partial charge in [-0.1, -0.05) is 109 Å². The van der Waals surface area contributed by atoms with Gasteiger partial charge in [-0.05, 0) is 41.8 Å². The van der Waals surface area contributed by atoms with Gasteiger partial charge in [0.25, 0.3) is 5.91 Å². The lowest BCUT2D eigenvalue weighted by atomic mass is 10.1. The van der Waals surface area contributed by atoms with Crippen molar-refractivity contribution in [3.8, 4) is 16.9 Å². The summed E-state index contributed by atoms with van der Waals surface area (Å²) < 4.78 is 1.71. The third-order valence-corrected chi connectivity index (χ3v) is 6.30. The van der Waals surface area contributed by atoms with Crippen molar-refractivity contribution in [3.05, 3.63) is 143 Å². The lowest BCUT2D eigenvalue weighted by molar-refractivity contribution is 0.0736. The Balaban J connectivity index is 1.54. The molecule has 1 aromatic heterocycles. The van der Waals surface area contributed by atoms with E-state index in [1.807, 2.05) is 114 Å². The molecule has 5 heteroatoms. The summed E-state index contributed by atoms with van der Waals surface area (Å²) in [6, 6.07) is 39.5. The van der Waals surface area contributed by atoms with Crippen LogP contribution in [-0.2, 0) is 13.0 Å². The molecule has 0 aliphatic rings. The van der Waals surface area contributed by atoms with Crippen LogP contribution in [0, 0.1) is 0 Å². The summed E-state index contributed by atoms with van der Waals surface area (Å²) in [6.45, 7) is 1.09. The fourth-order valence-electron chi connectivity index (χ4n) is 4.22. The summed E-state index contributed by atoms with van der Waals surface area (Å²) in [4.78, 5) is 16.0. The van der Waals surface area contributed by atoms with Gasteiger partial charge in [-0.25, -0.2) is 4.68 Å². The van der Waals surface area contributed by atoms with Crippen LogP contribution in [0.2, 0.25) is 5.02 Å². The van der Waals surface area contributed by atoms with Gasteiger partial charge in [-0.3, -0.25) is 4.79 Å². The van der Waals surface area contributed by atoms with Gasteiger partial charge in [0.2, 0.25) is 0 Å². The number of rotatable bonds is 8. The van der Waals surface area contributed by atoms with Crippen molar-refractivity contribution in [1.29, 1.82) is 0 Å². The minimum absolute atomic E-state index is 0.0792. The highest BCUT2D eigenvalue weighted by molar-refractivity contribution is 6.30. The summed E-state index contributed by atoms with van der Waals surface area (Å²) in [6.07, 6.45) is 0.760. The molecule has 5 rings (SSSR count). The van der Waals surface area contributed by atoms with Gasteiger partial charge in [0.15, 0.2) is 0 Å². The number of halogens is 1. The molecule has 0 spiro atoms. The molecule has 4 nitrogen and oxygen atoms in total. The molecule has 4 aromatic carbocycles. The molecule has 0 bridgehead atoms. The first-order valence-corrected chi connectivity index (χ1v) is 12.3. The van der Waals surface area contributed by atoms with Gasteiger partial charge in [-0.2, -0.15) is 5.10 Å². The zero-order chi connectivity index (χ0) is 24.7. The van der Waals surface area contributed by atoms with E-state index in [4.69, 9.17) is 16.7 Å². The van der Waals surface area contributed by atoms with Gasteiger partial charge in [0.1, 0.15) is 5.69 Å². The smallest absolute Gasteiger partial charge is 0.272 e. The van der Waals surface area contributed by atoms with Crippen LogP contribution in [0.5, 0.6) is 0 Å². The van der Waals surface area contributed by atoms with Crippen molar-refractivity contribution in [1.82, 2.24) is 14.7 Å². The summed E-state index contributed by atoms with van der Waals surface area (Å²) in [5.41, 5.74) is 5.21. The molecule has 0 radical (unpaired) electrons. The highest BCUT2D eigenvalue weighted by atomic mass is 35.5. The second-order valence-electron chi connectivity index (χ2n) is 8.62. The van der Waals surface area contributed by atoms with Crippen LogP contribution < -0.4 is 0 Å².